The Balaban J connectivity index is 2.03. The lowest BCUT2D eigenvalue weighted by Gasteiger charge is -2.31. The second-order valence-electron chi connectivity index (χ2n) is 5.22. The maximum Gasteiger partial charge on any atom is 0.310 e. The molecule has 1 saturated heterocycles. The fraction of sp³-hybridized carbons (Fsp3) is 0.500. The SMILES string of the molecule is CCOC(=O)[C@@H]1CCCN(Cc2cccc(C#N)c2F)C1. The lowest BCUT2D eigenvalue weighted by atomic mass is 9.97. The molecular formula is C16H19FN2O2. The highest BCUT2D eigenvalue weighted by Gasteiger charge is 2.27. The number of carbonyl (C=O) groups excluding carboxylic acids is 1. The third-order valence-corrected chi connectivity index (χ3v) is 3.72. The van der Waals surface area contributed by atoms with Gasteiger partial charge in [0.2, 0.25) is 0 Å². The van der Waals surface area contributed by atoms with Crippen LogP contribution < -0.4 is 0 Å². The van der Waals surface area contributed by atoms with Crippen LogP contribution in [0.2, 0.25) is 0 Å². The fourth-order valence-electron chi connectivity index (χ4n) is 2.68. The number of hydrogen-bond donors (Lipinski definition) is 0. The van der Waals surface area contributed by atoms with Gasteiger partial charge in [-0.15, -0.1) is 0 Å². The number of piperidine rings is 1. The van der Waals surface area contributed by atoms with Crippen molar-refractivity contribution in [1.29, 1.82) is 5.26 Å². The van der Waals surface area contributed by atoms with E-state index in [1.165, 1.54) is 6.07 Å². The topological polar surface area (TPSA) is 53.3 Å². The predicted molar refractivity (Wildman–Crippen MR) is 75.7 cm³/mol. The third kappa shape index (κ3) is 3.79. The molecular weight excluding hydrogens is 271 g/mol. The second-order valence-corrected chi connectivity index (χ2v) is 5.22. The van der Waals surface area contributed by atoms with Crippen LogP contribution >= 0.6 is 0 Å². The first-order chi connectivity index (χ1) is 10.2. The minimum atomic E-state index is -0.460. The van der Waals surface area contributed by atoms with Crippen LogP contribution in [-0.2, 0) is 16.1 Å². The Kier molecular flexibility index (Phi) is 5.29. The van der Waals surface area contributed by atoms with E-state index in [2.05, 4.69) is 0 Å². The molecule has 0 bridgehead atoms. The van der Waals surface area contributed by atoms with E-state index in [0.29, 0.717) is 25.3 Å². The van der Waals surface area contributed by atoms with Gasteiger partial charge < -0.3 is 4.74 Å². The standard InChI is InChI=1S/C16H19FN2O2/c1-2-21-16(20)14-7-4-8-19(11-14)10-13-6-3-5-12(9-18)15(13)17/h3,5-6,14H,2,4,7-8,10-11H2,1H3/t14-/m1/s1. The number of nitrogens with zero attached hydrogens (tertiary/aromatic N) is 2. The average molecular weight is 290 g/mol. The van der Waals surface area contributed by atoms with Crippen molar-refractivity contribution in [3.8, 4) is 6.07 Å². The summed E-state index contributed by atoms with van der Waals surface area (Å²) < 4.78 is 19.1. The number of hydrogen-bond acceptors (Lipinski definition) is 4. The van der Waals surface area contributed by atoms with Crippen LogP contribution in [0.15, 0.2) is 18.2 Å². The average Bonchev–Trinajstić information content (AvgIpc) is 2.50. The van der Waals surface area contributed by atoms with Gasteiger partial charge >= 0.3 is 5.97 Å². The molecule has 2 rings (SSSR count). The normalized spacial score (nSPS) is 19.0. The van der Waals surface area contributed by atoms with Gasteiger partial charge in [-0.1, -0.05) is 12.1 Å². The molecule has 0 spiro atoms. The van der Waals surface area contributed by atoms with Gasteiger partial charge in [0.15, 0.2) is 0 Å². The molecule has 1 fully saturated rings. The fourth-order valence-corrected chi connectivity index (χ4v) is 2.68. The van der Waals surface area contributed by atoms with Gasteiger partial charge in [-0.05, 0) is 32.4 Å². The third-order valence-electron chi connectivity index (χ3n) is 3.72. The first-order valence-electron chi connectivity index (χ1n) is 7.22. The van der Waals surface area contributed by atoms with Crippen LogP contribution in [0.25, 0.3) is 0 Å². The Morgan fingerprint density at radius 3 is 3.10 bits per heavy atom. The van der Waals surface area contributed by atoms with Crippen molar-refractivity contribution in [2.24, 2.45) is 5.92 Å². The van der Waals surface area contributed by atoms with Crippen LogP contribution in [0.1, 0.15) is 30.9 Å². The first-order valence-corrected chi connectivity index (χ1v) is 7.22. The molecule has 112 valence electrons. The zero-order valence-corrected chi connectivity index (χ0v) is 12.1. The minimum Gasteiger partial charge on any atom is -0.466 e. The number of rotatable bonds is 4. The number of nitriles is 1. The minimum absolute atomic E-state index is 0.0615. The summed E-state index contributed by atoms with van der Waals surface area (Å²) in [6.07, 6.45) is 1.71. The highest BCUT2D eigenvalue weighted by molar-refractivity contribution is 5.72. The summed E-state index contributed by atoms with van der Waals surface area (Å²) in [5.74, 6) is -0.771. The molecule has 0 amide bonds. The van der Waals surface area contributed by atoms with Crippen molar-refractivity contribution in [3.05, 3.63) is 35.1 Å². The summed E-state index contributed by atoms with van der Waals surface area (Å²) in [4.78, 5) is 13.8. The highest BCUT2D eigenvalue weighted by atomic mass is 19.1. The quantitative estimate of drug-likeness (QED) is 0.799. The monoisotopic (exact) mass is 290 g/mol. The van der Waals surface area contributed by atoms with Crippen LogP contribution in [0.5, 0.6) is 0 Å². The van der Waals surface area contributed by atoms with Gasteiger partial charge in [0, 0.05) is 18.7 Å². The highest BCUT2D eigenvalue weighted by Crippen LogP contribution is 2.21. The second kappa shape index (κ2) is 7.19. The lowest BCUT2D eigenvalue weighted by molar-refractivity contribution is -0.150. The zero-order valence-electron chi connectivity index (χ0n) is 12.1. The van der Waals surface area contributed by atoms with E-state index in [-0.39, 0.29) is 17.5 Å². The van der Waals surface area contributed by atoms with E-state index in [0.717, 1.165) is 19.4 Å². The molecule has 1 heterocycles. The Bertz CT molecular complexity index is 554. The van der Waals surface area contributed by atoms with E-state index < -0.39 is 5.82 Å². The van der Waals surface area contributed by atoms with Crippen LogP contribution in [0, 0.1) is 23.1 Å². The molecule has 5 heteroatoms. The van der Waals surface area contributed by atoms with E-state index >= 15 is 0 Å². The lowest BCUT2D eigenvalue weighted by Crippen LogP contribution is -2.39. The maximum atomic E-state index is 14.1. The van der Waals surface area contributed by atoms with E-state index in [4.69, 9.17) is 10.00 Å². The van der Waals surface area contributed by atoms with Gasteiger partial charge in [-0.25, -0.2) is 4.39 Å². The van der Waals surface area contributed by atoms with Crippen LogP contribution in [-0.4, -0.2) is 30.6 Å². The maximum absolute atomic E-state index is 14.1. The molecule has 1 aromatic carbocycles. The number of esters is 1. The molecule has 0 aromatic heterocycles. The Labute approximate surface area is 124 Å². The van der Waals surface area contributed by atoms with E-state index in [1.54, 1.807) is 19.1 Å². The van der Waals surface area contributed by atoms with Gasteiger partial charge in [0.25, 0.3) is 0 Å². The molecule has 1 aliphatic heterocycles. The molecule has 0 N–H and O–H groups in total. The Morgan fingerprint density at radius 1 is 1.57 bits per heavy atom. The van der Waals surface area contributed by atoms with Crippen molar-refractivity contribution >= 4 is 5.97 Å². The molecule has 0 radical (unpaired) electrons. The molecule has 4 nitrogen and oxygen atoms in total. The van der Waals surface area contributed by atoms with Crippen molar-refractivity contribution in [3.63, 3.8) is 0 Å². The van der Waals surface area contributed by atoms with Crippen LogP contribution in [0.3, 0.4) is 0 Å². The van der Waals surface area contributed by atoms with Crippen molar-refractivity contribution < 1.29 is 13.9 Å². The number of halogens is 1. The molecule has 0 aliphatic carbocycles. The summed E-state index contributed by atoms with van der Waals surface area (Å²) in [6, 6.07) is 6.69. The molecule has 1 aliphatic rings. The van der Waals surface area contributed by atoms with Gasteiger partial charge in [0.05, 0.1) is 18.1 Å². The number of carbonyl (C=O) groups is 1. The van der Waals surface area contributed by atoms with Crippen molar-refractivity contribution in [1.82, 2.24) is 4.90 Å². The largest absolute Gasteiger partial charge is 0.466 e. The first kappa shape index (κ1) is 15.5. The molecule has 1 aromatic rings. The smallest absolute Gasteiger partial charge is 0.310 e. The summed E-state index contributed by atoms with van der Waals surface area (Å²) in [5, 5.41) is 8.86. The molecule has 1 atom stereocenters. The van der Waals surface area contributed by atoms with Gasteiger partial charge in [-0.2, -0.15) is 5.26 Å². The van der Waals surface area contributed by atoms with Crippen molar-refractivity contribution in [2.75, 3.05) is 19.7 Å². The Morgan fingerprint density at radius 2 is 2.38 bits per heavy atom. The Hall–Kier alpha value is -1.93. The summed E-state index contributed by atoms with van der Waals surface area (Å²) in [7, 11) is 0. The van der Waals surface area contributed by atoms with Gasteiger partial charge in [-0.3, -0.25) is 9.69 Å². The van der Waals surface area contributed by atoms with E-state index in [9.17, 15) is 9.18 Å². The number of likely N-dealkylation sites (tertiary alicyclic amines) is 1. The summed E-state index contributed by atoms with van der Waals surface area (Å²) >= 11 is 0. The van der Waals surface area contributed by atoms with E-state index in [1.807, 2.05) is 11.0 Å². The number of benzene rings is 1. The van der Waals surface area contributed by atoms with Crippen molar-refractivity contribution in [2.45, 2.75) is 26.3 Å². The zero-order chi connectivity index (χ0) is 15.2. The molecule has 0 saturated carbocycles. The van der Waals surface area contributed by atoms with Gasteiger partial charge in [0.1, 0.15) is 11.9 Å². The predicted octanol–water partition coefficient (Wildman–Crippen LogP) is 2.47. The molecule has 21 heavy (non-hydrogen) atoms. The summed E-state index contributed by atoms with van der Waals surface area (Å²) in [6.45, 7) is 3.99. The number of ether oxygens (including phenoxy) is 1. The molecule has 0 unspecified atom stereocenters. The summed E-state index contributed by atoms with van der Waals surface area (Å²) in [5.41, 5.74) is 0.560. The van der Waals surface area contributed by atoms with Crippen LogP contribution in [0.4, 0.5) is 4.39 Å².